The first-order valence-electron chi connectivity index (χ1n) is 6.64. The van der Waals surface area contributed by atoms with Gasteiger partial charge in [-0.3, -0.25) is 16.0 Å². The van der Waals surface area contributed by atoms with E-state index in [1.807, 2.05) is 18.7 Å². The van der Waals surface area contributed by atoms with E-state index < -0.39 is 10.5 Å². The summed E-state index contributed by atoms with van der Waals surface area (Å²) >= 11 is 0. The number of benzene rings is 1. The summed E-state index contributed by atoms with van der Waals surface area (Å²) in [6, 6.07) is 4.61. The Kier molecular flexibility index (Phi) is 4.31. The molecule has 0 bridgehead atoms. The highest BCUT2D eigenvalue weighted by Crippen LogP contribution is 2.31. The standard InChI is InChI=1S/C13H20N4O4/c1-13(2)8-16(6-12(7-18)21-13)10-3-9(15-14)4-11(5-10)17(19)20/h3-5,12,15,18H,6-8,14H2,1-2H3. The van der Waals surface area contributed by atoms with E-state index in [1.54, 1.807) is 6.07 Å². The average Bonchev–Trinajstić information content (AvgIpc) is 2.44. The van der Waals surface area contributed by atoms with Gasteiger partial charge < -0.3 is 20.2 Å². The highest BCUT2D eigenvalue weighted by atomic mass is 16.6. The van der Waals surface area contributed by atoms with E-state index in [1.165, 1.54) is 12.1 Å². The fraction of sp³-hybridized carbons (Fsp3) is 0.538. The molecule has 0 spiro atoms. The van der Waals surface area contributed by atoms with Crippen LogP contribution in [0.1, 0.15) is 13.8 Å². The maximum Gasteiger partial charge on any atom is 0.273 e. The third-order valence-corrected chi connectivity index (χ3v) is 3.33. The van der Waals surface area contributed by atoms with Crippen molar-refractivity contribution in [2.45, 2.75) is 25.6 Å². The predicted octanol–water partition coefficient (Wildman–Crippen LogP) is 0.856. The Morgan fingerprint density at radius 3 is 2.86 bits per heavy atom. The van der Waals surface area contributed by atoms with Crippen LogP contribution in [0.3, 0.4) is 0 Å². The van der Waals surface area contributed by atoms with Gasteiger partial charge in [-0.15, -0.1) is 0 Å². The van der Waals surface area contributed by atoms with Crippen molar-refractivity contribution in [1.82, 2.24) is 0 Å². The van der Waals surface area contributed by atoms with E-state index in [4.69, 9.17) is 10.6 Å². The topological polar surface area (TPSA) is 114 Å². The lowest BCUT2D eigenvalue weighted by molar-refractivity contribution is -0.384. The van der Waals surface area contributed by atoms with Crippen molar-refractivity contribution in [2.75, 3.05) is 30.0 Å². The van der Waals surface area contributed by atoms with Gasteiger partial charge in [0.25, 0.3) is 5.69 Å². The lowest BCUT2D eigenvalue weighted by atomic mass is 10.0. The van der Waals surface area contributed by atoms with Crippen LogP contribution in [0.4, 0.5) is 17.1 Å². The molecule has 0 aromatic heterocycles. The molecule has 4 N–H and O–H groups in total. The number of anilines is 2. The Morgan fingerprint density at radius 1 is 1.57 bits per heavy atom. The van der Waals surface area contributed by atoms with Gasteiger partial charge in [0.05, 0.1) is 28.9 Å². The molecule has 0 radical (unpaired) electrons. The zero-order chi connectivity index (χ0) is 15.6. The molecule has 1 aromatic rings. The van der Waals surface area contributed by atoms with Gasteiger partial charge in [-0.2, -0.15) is 0 Å². The minimum Gasteiger partial charge on any atom is -0.394 e. The minimum atomic E-state index is -0.459. The maximum atomic E-state index is 11.0. The van der Waals surface area contributed by atoms with Crippen molar-refractivity contribution >= 4 is 17.1 Å². The third kappa shape index (κ3) is 3.60. The van der Waals surface area contributed by atoms with Gasteiger partial charge in [0.15, 0.2) is 0 Å². The summed E-state index contributed by atoms with van der Waals surface area (Å²) in [6.45, 7) is 4.76. The minimum absolute atomic E-state index is 0.0368. The number of nitrogen functional groups attached to an aromatic ring is 1. The first-order chi connectivity index (χ1) is 9.84. The number of morpholine rings is 1. The summed E-state index contributed by atoms with van der Waals surface area (Å²) in [6.07, 6.45) is -0.331. The van der Waals surface area contributed by atoms with E-state index in [0.717, 1.165) is 0 Å². The number of nitro groups is 1. The van der Waals surface area contributed by atoms with E-state index >= 15 is 0 Å². The van der Waals surface area contributed by atoms with Crippen molar-refractivity contribution in [2.24, 2.45) is 5.84 Å². The van der Waals surface area contributed by atoms with Crippen molar-refractivity contribution < 1.29 is 14.8 Å². The Balaban J connectivity index is 2.35. The monoisotopic (exact) mass is 296 g/mol. The summed E-state index contributed by atoms with van der Waals surface area (Å²) in [7, 11) is 0. The van der Waals surface area contributed by atoms with E-state index in [9.17, 15) is 15.2 Å². The van der Waals surface area contributed by atoms with Crippen molar-refractivity contribution in [3.63, 3.8) is 0 Å². The number of rotatable bonds is 4. The number of aliphatic hydroxyl groups is 1. The summed E-state index contributed by atoms with van der Waals surface area (Å²) < 4.78 is 5.74. The Morgan fingerprint density at radius 2 is 2.29 bits per heavy atom. The number of hydrazine groups is 1. The maximum absolute atomic E-state index is 11.0. The number of nitrogens with two attached hydrogens (primary N) is 1. The molecule has 1 heterocycles. The van der Waals surface area contributed by atoms with Crippen LogP contribution in [0, 0.1) is 10.1 Å². The first-order valence-corrected chi connectivity index (χ1v) is 6.64. The number of aliphatic hydroxyl groups excluding tert-OH is 1. The lowest BCUT2D eigenvalue weighted by Gasteiger charge is -2.43. The molecular formula is C13H20N4O4. The molecule has 1 fully saturated rings. The summed E-state index contributed by atoms with van der Waals surface area (Å²) in [5, 5.41) is 20.3. The summed E-state index contributed by atoms with van der Waals surface area (Å²) in [4.78, 5) is 12.5. The van der Waals surface area contributed by atoms with Crippen LogP contribution in [0.25, 0.3) is 0 Å². The summed E-state index contributed by atoms with van der Waals surface area (Å²) in [5.74, 6) is 5.37. The molecule has 0 saturated carbocycles. The normalized spacial score (nSPS) is 21.1. The summed E-state index contributed by atoms with van der Waals surface area (Å²) in [5.41, 5.74) is 3.08. The second-order valence-corrected chi connectivity index (χ2v) is 5.70. The first kappa shape index (κ1) is 15.5. The molecule has 0 aliphatic carbocycles. The second-order valence-electron chi connectivity index (χ2n) is 5.70. The molecule has 1 unspecified atom stereocenters. The molecule has 1 saturated heterocycles. The molecule has 8 nitrogen and oxygen atoms in total. The molecule has 21 heavy (non-hydrogen) atoms. The van der Waals surface area contributed by atoms with Crippen LogP contribution in [0.2, 0.25) is 0 Å². The second kappa shape index (κ2) is 5.84. The van der Waals surface area contributed by atoms with Crippen LogP contribution in [-0.2, 0) is 4.74 Å². The Hall–Kier alpha value is -1.90. The van der Waals surface area contributed by atoms with E-state index in [2.05, 4.69) is 5.43 Å². The van der Waals surface area contributed by atoms with E-state index in [-0.39, 0.29) is 18.4 Å². The molecule has 8 heteroatoms. The Bertz CT molecular complexity index is 535. The van der Waals surface area contributed by atoms with Crippen molar-refractivity contribution in [3.8, 4) is 0 Å². The Labute approximate surface area is 122 Å². The van der Waals surface area contributed by atoms with Gasteiger partial charge in [-0.1, -0.05) is 0 Å². The van der Waals surface area contributed by atoms with Crippen LogP contribution in [-0.4, -0.2) is 41.4 Å². The van der Waals surface area contributed by atoms with Gasteiger partial charge in [0.1, 0.15) is 0 Å². The van der Waals surface area contributed by atoms with Gasteiger partial charge >= 0.3 is 0 Å². The number of non-ortho nitro benzene ring substituents is 1. The highest BCUT2D eigenvalue weighted by molar-refractivity contribution is 5.64. The molecule has 116 valence electrons. The van der Waals surface area contributed by atoms with E-state index in [0.29, 0.717) is 24.5 Å². The van der Waals surface area contributed by atoms with Gasteiger partial charge in [-0.25, -0.2) is 0 Å². The molecule has 1 aliphatic heterocycles. The van der Waals surface area contributed by atoms with Gasteiger partial charge in [0.2, 0.25) is 0 Å². The fourth-order valence-corrected chi connectivity index (χ4v) is 2.55. The van der Waals surface area contributed by atoms with Crippen molar-refractivity contribution in [1.29, 1.82) is 0 Å². The molecule has 0 amide bonds. The highest BCUT2D eigenvalue weighted by Gasteiger charge is 2.33. The van der Waals surface area contributed by atoms with Crippen LogP contribution in [0.5, 0.6) is 0 Å². The van der Waals surface area contributed by atoms with Crippen LogP contribution >= 0.6 is 0 Å². The van der Waals surface area contributed by atoms with Gasteiger partial charge in [0, 0.05) is 30.9 Å². The lowest BCUT2D eigenvalue weighted by Crippen LogP contribution is -2.54. The number of nitro benzene ring substituents is 1. The average molecular weight is 296 g/mol. The molecule has 1 atom stereocenters. The number of nitrogens with zero attached hydrogens (tertiary/aromatic N) is 2. The largest absolute Gasteiger partial charge is 0.394 e. The number of ether oxygens (including phenoxy) is 1. The number of hydrogen-bond donors (Lipinski definition) is 3. The van der Waals surface area contributed by atoms with Crippen LogP contribution in [0.15, 0.2) is 18.2 Å². The quantitative estimate of drug-likeness (QED) is 0.429. The smallest absolute Gasteiger partial charge is 0.273 e. The predicted molar refractivity (Wildman–Crippen MR) is 79.2 cm³/mol. The zero-order valence-corrected chi connectivity index (χ0v) is 12.1. The van der Waals surface area contributed by atoms with Gasteiger partial charge in [-0.05, 0) is 19.9 Å². The molecule has 1 aliphatic rings. The molecule has 2 rings (SSSR count). The fourth-order valence-electron chi connectivity index (χ4n) is 2.55. The van der Waals surface area contributed by atoms with Crippen molar-refractivity contribution in [3.05, 3.63) is 28.3 Å². The number of hydrogen-bond acceptors (Lipinski definition) is 7. The number of nitrogens with one attached hydrogen (secondary N) is 1. The van der Waals surface area contributed by atoms with Crippen LogP contribution < -0.4 is 16.2 Å². The molecule has 1 aromatic carbocycles. The molecular weight excluding hydrogens is 276 g/mol. The SMILES string of the molecule is CC1(C)CN(c2cc(NN)cc([N+](=O)[O-])c2)CC(CO)O1. The third-order valence-electron chi connectivity index (χ3n) is 3.33. The zero-order valence-electron chi connectivity index (χ0n) is 12.1.